The Kier molecular flexibility index (Phi) is 3.06. The van der Waals surface area contributed by atoms with Crippen LogP contribution in [-0.2, 0) is 14.6 Å². The Morgan fingerprint density at radius 1 is 0.765 bits per heavy atom. The van der Waals surface area contributed by atoms with Crippen molar-refractivity contribution in [2.75, 3.05) is 0 Å². The van der Waals surface area contributed by atoms with Crippen molar-refractivity contribution in [2.24, 2.45) is 0 Å². The molecule has 0 aromatic heterocycles. The van der Waals surface area contributed by atoms with Gasteiger partial charge in [0.1, 0.15) is 0 Å². The Hall–Kier alpha value is -1.94. The topological polar surface area (TPSA) is 51.2 Å². The van der Waals surface area contributed by atoms with Gasteiger partial charge in [-0.05, 0) is 36.4 Å². The van der Waals surface area contributed by atoms with E-state index in [9.17, 15) is 13.2 Å². The molecule has 0 saturated heterocycles. The second-order valence-electron chi connectivity index (χ2n) is 3.44. The van der Waals surface area contributed by atoms with Crippen LogP contribution in [0.3, 0.4) is 0 Å². The largest absolute Gasteiger partial charge is 0.285 e. The van der Waals surface area contributed by atoms with Gasteiger partial charge in [0.2, 0.25) is 16.1 Å². The van der Waals surface area contributed by atoms with Gasteiger partial charge in [-0.1, -0.05) is 18.2 Å². The molecule has 2 rings (SSSR count). The van der Waals surface area contributed by atoms with Crippen molar-refractivity contribution >= 4 is 16.1 Å². The molecule has 0 saturated carbocycles. The van der Waals surface area contributed by atoms with Crippen LogP contribution in [0.4, 0.5) is 0 Å². The van der Waals surface area contributed by atoms with Crippen molar-refractivity contribution < 1.29 is 13.2 Å². The summed E-state index contributed by atoms with van der Waals surface area (Å²) in [5.41, 5.74) is 0.331. The molecule has 17 heavy (non-hydrogen) atoms. The summed E-state index contributed by atoms with van der Waals surface area (Å²) in [5.74, 6) is 0. The summed E-state index contributed by atoms with van der Waals surface area (Å²) in [6.07, 6.45) is 1.70. The minimum absolute atomic E-state index is 0.169. The minimum atomic E-state index is -3.49. The van der Waals surface area contributed by atoms with Crippen LogP contribution in [0, 0.1) is 0 Å². The van der Waals surface area contributed by atoms with Crippen LogP contribution < -0.4 is 0 Å². The molecule has 4 heteroatoms. The number of rotatable bonds is 3. The van der Waals surface area contributed by atoms with Gasteiger partial charge in [-0.3, -0.25) is 4.79 Å². The molecule has 0 N–H and O–H groups in total. The Morgan fingerprint density at radius 2 is 1.29 bits per heavy atom. The summed E-state index contributed by atoms with van der Waals surface area (Å²) in [6, 6.07) is 13.8. The van der Waals surface area contributed by atoms with Crippen LogP contribution in [0.15, 0.2) is 64.4 Å². The maximum atomic E-state index is 12.1. The van der Waals surface area contributed by atoms with Crippen molar-refractivity contribution in [3.8, 4) is 0 Å². The van der Waals surface area contributed by atoms with E-state index in [2.05, 4.69) is 0 Å². The standard InChI is InChI=1S/C13H9O3S/c14-10-11-6-8-13(9-7-11)17(15,16)12-4-2-1-3-5-12/h1-9H. The summed E-state index contributed by atoms with van der Waals surface area (Å²) < 4.78 is 24.3. The molecule has 2 aromatic rings. The lowest BCUT2D eigenvalue weighted by Gasteiger charge is -2.03. The van der Waals surface area contributed by atoms with Gasteiger partial charge in [0.15, 0.2) is 0 Å². The van der Waals surface area contributed by atoms with Gasteiger partial charge in [0, 0.05) is 5.56 Å². The first-order chi connectivity index (χ1) is 8.14. The van der Waals surface area contributed by atoms with E-state index in [1.54, 1.807) is 24.5 Å². The van der Waals surface area contributed by atoms with Crippen LogP contribution in [-0.4, -0.2) is 14.7 Å². The molecule has 3 nitrogen and oxygen atoms in total. The van der Waals surface area contributed by atoms with Crippen molar-refractivity contribution in [2.45, 2.75) is 9.79 Å². The van der Waals surface area contributed by atoms with E-state index in [0.717, 1.165) is 0 Å². The monoisotopic (exact) mass is 245 g/mol. The summed E-state index contributed by atoms with van der Waals surface area (Å²) >= 11 is 0. The normalized spacial score (nSPS) is 11.1. The lowest BCUT2D eigenvalue weighted by atomic mass is 10.2. The van der Waals surface area contributed by atoms with Crippen molar-refractivity contribution in [3.63, 3.8) is 0 Å². The highest BCUT2D eigenvalue weighted by Crippen LogP contribution is 2.20. The number of hydrogen-bond donors (Lipinski definition) is 0. The predicted octanol–water partition coefficient (Wildman–Crippen LogP) is 1.98. The highest BCUT2D eigenvalue weighted by atomic mass is 32.2. The molecular weight excluding hydrogens is 236 g/mol. The number of sulfone groups is 1. The number of hydrogen-bond acceptors (Lipinski definition) is 3. The lowest BCUT2D eigenvalue weighted by Crippen LogP contribution is -2.01. The molecular formula is C13H9O3S. The van der Waals surface area contributed by atoms with E-state index in [1.807, 2.05) is 0 Å². The molecule has 0 unspecified atom stereocenters. The third-order valence-electron chi connectivity index (χ3n) is 2.34. The molecule has 2 aromatic carbocycles. The van der Waals surface area contributed by atoms with Crippen LogP contribution in [0.5, 0.6) is 0 Å². The second-order valence-corrected chi connectivity index (χ2v) is 5.39. The summed E-state index contributed by atoms with van der Waals surface area (Å²) in [7, 11) is -3.49. The van der Waals surface area contributed by atoms with Crippen LogP contribution in [0.25, 0.3) is 0 Å². The molecule has 0 bridgehead atoms. The quantitative estimate of drug-likeness (QED) is 0.830. The zero-order valence-electron chi connectivity index (χ0n) is 8.83. The second kappa shape index (κ2) is 4.51. The number of carbonyl (C=O) groups excluding carboxylic acids is 1. The Morgan fingerprint density at radius 3 is 1.82 bits per heavy atom. The molecule has 0 heterocycles. The van der Waals surface area contributed by atoms with Gasteiger partial charge in [0.05, 0.1) is 9.79 Å². The smallest absolute Gasteiger partial charge is 0.233 e. The van der Waals surface area contributed by atoms with Gasteiger partial charge in [0.25, 0.3) is 0 Å². The predicted molar refractivity (Wildman–Crippen MR) is 63.1 cm³/mol. The highest BCUT2D eigenvalue weighted by Gasteiger charge is 2.16. The average Bonchev–Trinajstić information content (AvgIpc) is 2.40. The van der Waals surface area contributed by atoms with Crippen molar-refractivity contribution in [3.05, 3.63) is 60.2 Å². The van der Waals surface area contributed by atoms with Crippen molar-refractivity contribution in [1.29, 1.82) is 0 Å². The summed E-state index contributed by atoms with van der Waals surface area (Å²) in [4.78, 5) is 10.8. The van der Waals surface area contributed by atoms with Gasteiger partial charge < -0.3 is 0 Å². The van der Waals surface area contributed by atoms with Gasteiger partial charge >= 0.3 is 0 Å². The molecule has 0 aliphatic carbocycles. The minimum Gasteiger partial charge on any atom is -0.285 e. The van der Waals surface area contributed by atoms with E-state index in [1.165, 1.54) is 36.4 Å². The lowest BCUT2D eigenvalue weighted by molar-refractivity contribution is 0.562. The fraction of sp³-hybridized carbons (Fsp3) is 0. The van der Waals surface area contributed by atoms with E-state index >= 15 is 0 Å². The molecule has 85 valence electrons. The van der Waals surface area contributed by atoms with Gasteiger partial charge in [-0.15, -0.1) is 0 Å². The van der Waals surface area contributed by atoms with E-state index in [0.29, 0.717) is 5.56 Å². The molecule has 0 aliphatic heterocycles. The average molecular weight is 245 g/mol. The molecule has 0 fully saturated rings. The third-order valence-corrected chi connectivity index (χ3v) is 4.12. The summed E-state index contributed by atoms with van der Waals surface area (Å²) in [5, 5.41) is 0. The third kappa shape index (κ3) is 2.26. The van der Waals surface area contributed by atoms with E-state index < -0.39 is 9.84 Å². The molecule has 0 spiro atoms. The first-order valence-corrected chi connectivity index (χ1v) is 6.41. The van der Waals surface area contributed by atoms with E-state index in [4.69, 9.17) is 0 Å². The molecule has 1 radical (unpaired) electrons. The summed E-state index contributed by atoms with van der Waals surface area (Å²) in [6.45, 7) is 0. The Balaban J connectivity index is 2.49. The van der Waals surface area contributed by atoms with Crippen LogP contribution in [0.2, 0.25) is 0 Å². The molecule has 0 amide bonds. The molecule has 0 aliphatic rings. The fourth-order valence-electron chi connectivity index (χ4n) is 1.44. The zero-order valence-corrected chi connectivity index (χ0v) is 9.65. The first-order valence-electron chi connectivity index (χ1n) is 4.93. The Labute approximate surface area is 99.6 Å². The first kappa shape index (κ1) is 11.5. The number of benzene rings is 2. The highest BCUT2D eigenvalue weighted by molar-refractivity contribution is 7.91. The zero-order chi connectivity index (χ0) is 12.3. The maximum absolute atomic E-state index is 12.1. The van der Waals surface area contributed by atoms with Crippen LogP contribution >= 0.6 is 0 Å². The van der Waals surface area contributed by atoms with Gasteiger partial charge in [-0.25, -0.2) is 8.42 Å². The molecule has 0 atom stereocenters. The van der Waals surface area contributed by atoms with Gasteiger partial charge in [-0.2, -0.15) is 0 Å². The van der Waals surface area contributed by atoms with Crippen LogP contribution in [0.1, 0.15) is 5.56 Å². The fourth-order valence-corrected chi connectivity index (χ4v) is 2.72. The van der Waals surface area contributed by atoms with Crippen molar-refractivity contribution in [1.82, 2.24) is 0 Å². The van der Waals surface area contributed by atoms with E-state index in [-0.39, 0.29) is 9.79 Å². The SMILES string of the molecule is O=[C]c1ccc(S(=O)(=O)c2ccccc2)cc1. The maximum Gasteiger partial charge on any atom is 0.233 e. The Bertz CT molecular complexity index is 613.